The van der Waals surface area contributed by atoms with Crippen LogP contribution in [0.1, 0.15) is 0 Å². The fraction of sp³-hybridized carbons (Fsp3) is 0. The molecule has 0 spiro atoms. The van der Waals surface area contributed by atoms with E-state index < -0.39 is 0 Å². The highest BCUT2D eigenvalue weighted by atomic mass is 127. The van der Waals surface area contributed by atoms with E-state index in [9.17, 15) is 4.39 Å². The minimum atomic E-state index is -0.236. The number of nitrogens with zero attached hydrogens (tertiary/aromatic N) is 1. The molecule has 0 aromatic heterocycles. The van der Waals surface area contributed by atoms with E-state index in [1.54, 1.807) is 12.1 Å². The lowest BCUT2D eigenvalue weighted by Crippen LogP contribution is -2.11. The van der Waals surface area contributed by atoms with E-state index >= 15 is 0 Å². The van der Waals surface area contributed by atoms with E-state index in [0.717, 1.165) is 14.9 Å². The summed E-state index contributed by atoms with van der Waals surface area (Å²) in [6, 6.07) is 24.7. The highest BCUT2D eigenvalue weighted by Gasteiger charge is 2.15. The summed E-state index contributed by atoms with van der Waals surface area (Å²) in [6.07, 6.45) is 0. The van der Waals surface area contributed by atoms with E-state index in [2.05, 4.69) is 22.6 Å². The molecule has 0 aliphatic rings. The van der Waals surface area contributed by atoms with Crippen molar-refractivity contribution < 1.29 is 4.39 Å². The van der Waals surface area contributed by atoms with Gasteiger partial charge in [0, 0.05) is 14.9 Å². The van der Waals surface area contributed by atoms with Gasteiger partial charge in [-0.25, -0.2) is 4.39 Å². The van der Waals surface area contributed by atoms with Gasteiger partial charge in [0.1, 0.15) is 5.82 Å². The third kappa shape index (κ3) is 3.08. The third-order valence-corrected chi connectivity index (χ3v) is 3.91. The molecule has 0 unspecified atom stereocenters. The van der Waals surface area contributed by atoms with Gasteiger partial charge in [0.05, 0.1) is 5.69 Å². The van der Waals surface area contributed by atoms with Crippen LogP contribution in [0.5, 0.6) is 0 Å². The number of rotatable bonds is 3. The SMILES string of the molecule is Fc1ccccc1N(c1ccccc1)c1ccc(I)cc1. The molecule has 0 N–H and O–H groups in total. The zero-order valence-electron chi connectivity index (χ0n) is 11.2. The molecule has 0 heterocycles. The average Bonchev–Trinajstić information content (AvgIpc) is 2.52. The number of hydrogen-bond acceptors (Lipinski definition) is 1. The summed E-state index contributed by atoms with van der Waals surface area (Å²) in [4.78, 5) is 1.92. The summed E-state index contributed by atoms with van der Waals surface area (Å²) in [7, 11) is 0. The second kappa shape index (κ2) is 6.26. The maximum atomic E-state index is 14.2. The molecule has 0 atom stereocenters. The number of benzene rings is 3. The van der Waals surface area contributed by atoms with E-state index in [-0.39, 0.29) is 5.82 Å². The summed E-state index contributed by atoms with van der Waals surface area (Å²) in [5.41, 5.74) is 2.42. The average molecular weight is 389 g/mol. The number of halogens is 2. The van der Waals surface area contributed by atoms with Gasteiger partial charge in [-0.1, -0.05) is 30.3 Å². The van der Waals surface area contributed by atoms with Crippen LogP contribution in [0.2, 0.25) is 0 Å². The minimum absolute atomic E-state index is 0.236. The van der Waals surface area contributed by atoms with Crippen LogP contribution in [-0.4, -0.2) is 0 Å². The van der Waals surface area contributed by atoms with Crippen molar-refractivity contribution in [2.24, 2.45) is 0 Å². The van der Waals surface area contributed by atoms with Crippen LogP contribution >= 0.6 is 22.6 Å². The zero-order chi connectivity index (χ0) is 14.7. The number of hydrogen-bond donors (Lipinski definition) is 0. The molecule has 3 rings (SSSR count). The molecule has 3 heteroatoms. The van der Waals surface area contributed by atoms with Crippen LogP contribution in [0.4, 0.5) is 21.5 Å². The molecule has 3 aromatic rings. The van der Waals surface area contributed by atoms with Crippen LogP contribution in [0.25, 0.3) is 0 Å². The second-order valence-corrected chi connectivity index (χ2v) is 5.84. The van der Waals surface area contributed by atoms with Crippen LogP contribution in [0, 0.1) is 9.39 Å². The van der Waals surface area contributed by atoms with Gasteiger partial charge in [0.2, 0.25) is 0 Å². The number of anilines is 3. The lowest BCUT2D eigenvalue weighted by atomic mass is 10.2. The van der Waals surface area contributed by atoms with E-state index in [4.69, 9.17) is 0 Å². The molecular weight excluding hydrogens is 376 g/mol. The van der Waals surface area contributed by atoms with Gasteiger partial charge in [-0.2, -0.15) is 0 Å². The Morgan fingerprint density at radius 2 is 1.24 bits per heavy atom. The Kier molecular flexibility index (Phi) is 4.20. The Morgan fingerprint density at radius 1 is 0.667 bits per heavy atom. The Morgan fingerprint density at radius 3 is 1.90 bits per heavy atom. The normalized spacial score (nSPS) is 10.4. The van der Waals surface area contributed by atoms with Gasteiger partial charge >= 0.3 is 0 Å². The predicted octanol–water partition coefficient (Wildman–Crippen LogP) is 5.90. The van der Waals surface area contributed by atoms with Crippen molar-refractivity contribution in [3.05, 3.63) is 88.3 Å². The lowest BCUT2D eigenvalue weighted by molar-refractivity contribution is 0.629. The molecular formula is C18H13FIN. The van der Waals surface area contributed by atoms with Gasteiger partial charge in [0.25, 0.3) is 0 Å². The first-order chi connectivity index (χ1) is 10.3. The van der Waals surface area contributed by atoms with Crippen molar-refractivity contribution in [3.63, 3.8) is 0 Å². The summed E-state index contributed by atoms with van der Waals surface area (Å²) in [5.74, 6) is -0.236. The highest BCUT2D eigenvalue weighted by Crippen LogP contribution is 2.35. The standard InChI is InChI=1S/C18H13FIN/c19-17-8-4-5-9-18(17)21(15-6-2-1-3-7-15)16-12-10-14(20)11-13-16/h1-13H. The first kappa shape index (κ1) is 14.1. The largest absolute Gasteiger partial charge is 0.308 e. The van der Waals surface area contributed by atoms with Crippen molar-refractivity contribution in [1.29, 1.82) is 0 Å². The van der Waals surface area contributed by atoms with Gasteiger partial charge in [0.15, 0.2) is 0 Å². The van der Waals surface area contributed by atoms with Crippen molar-refractivity contribution in [1.82, 2.24) is 0 Å². The monoisotopic (exact) mass is 389 g/mol. The molecule has 0 saturated carbocycles. The fourth-order valence-corrected chi connectivity index (χ4v) is 2.59. The smallest absolute Gasteiger partial charge is 0.147 e. The molecule has 0 aliphatic carbocycles. The Bertz CT molecular complexity index is 726. The summed E-state index contributed by atoms with van der Waals surface area (Å²) in [6.45, 7) is 0. The van der Waals surface area contributed by atoms with Crippen molar-refractivity contribution in [2.45, 2.75) is 0 Å². The van der Waals surface area contributed by atoms with Gasteiger partial charge in [-0.15, -0.1) is 0 Å². The van der Waals surface area contributed by atoms with E-state index in [0.29, 0.717) is 5.69 Å². The van der Waals surface area contributed by atoms with Gasteiger partial charge < -0.3 is 4.90 Å². The lowest BCUT2D eigenvalue weighted by Gasteiger charge is -2.25. The quantitative estimate of drug-likeness (QED) is 0.504. The Labute approximate surface area is 137 Å². The van der Waals surface area contributed by atoms with Crippen LogP contribution in [0.15, 0.2) is 78.9 Å². The molecule has 1 nitrogen and oxygen atoms in total. The van der Waals surface area contributed by atoms with E-state index in [1.807, 2.05) is 65.6 Å². The molecule has 0 bridgehead atoms. The predicted molar refractivity (Wildman–Crippen MR) is 93.8 cm³/mol. The number of para-hydroxylation sites is 2. The van der Waals surface area contributed by atoms with Crippen molar-refractivity contribution >= 4 is 39.7 Å². The van der Waals surface area contributed by atoms with Gasteiger partial charge in [-0.3, -0.25) is 0 Å². The van der Waals surface area contributed by atoms with Crippen molar-refractivity contribution in [2.75, 3.05) is 4.90 Å². The molecule has 0 saturated heterocycles. The minimum Gasteiger partial charge on any atom is -0.308 e. The molecule has 21 heavy (non-hydrogen) atoms. The Balaban J connectivity index is 2.16. The molecule has 3 aromatic carbocycles. The molecule has 0 amide bonds. The molecule has 0 fully saturated rings. The Hall–Kier alpha value is -1.88. The summed E-state index contributed by atoms with van der Waals surface area (Å²) >= 11 is 2.26. The maximum Gasteiger partial charge on any atom is 0.147 e. The fourth-order valence-electron chi connectivity index (χ4n) is 2.23. The summed E-state index contributed by atoms with van der Waals surface area (Å²) < 4.78 is 15.4. The third-order valence-electron chi connectivity index (χ3n) is 3.19. The van der Waals surface area contributed by atoms with Crippen LogP contribution in [0.3, 0.4) is 0 Å². The second-order valence-electron chi connectivity index (χ2n) is 4.60. The first-order valence-corrected chi connectivity index (χ1v) is 7.69. The molecule has 0 aliphatic heterocycles. The molecule has 104 valence electrons. The van der Waals surface area contributed by atoms with Crippen LogP contribution < -0.4 is 4.90 Å². The topological polar surface area (TPSA) is 3.24 Å². The van der Waals surface area contributed by atoms with E-state index in [1.165, 1.54) is 6.07 Å². The molecule has 0 radical (unpaired) electrons. The zero-order valence-corrected chi connectivity index (χ0v) is 13.4. The first-order valence-electron chi connectivity index (χ1n) is 6.61. The van der Waals surface area contributed by atoms with Crippen LogP contribution in [-0.2, 0) is 0 Å². The highest BCUT2D eigenvalue weighted by molar-refractivity contribution is 14.1. The summed E-state index contributed by atoms with van der Waals surface area (Å²) in [5, 5.41) is 0. The van der Waals surface area contributed by atoms with Gasteiger partial charge in [-0.05, 0) is 71.1 Å². The maximum absolute atomic E-state index is 14.2. The van der Waals surface area contributed by atoms with Crippen molar-refractivity contribution in [3.8, 4) is 0 Å².